The minimum Gasteiger partial charge on any atom is -0.481 e. The van der Waals surface area contributed by atoms with E-state index in [0.717, 1.165) is 23.1 Å². The van der Waals surface area contributed by atoms with Crippen LogP contribution >= 0.6 is 0 Å². The molecule has 0 saturated carbocycles. The topological polar surface area (TPSA) is 37.3 Å². The lowest BCUT2D eigenvalue weighted by Crippen LogP contribution is -2.02. The average molecular weight is 252 g/mol. The molecule has 0 aliphatic carbocycles. The second-order valence-electron chi connectivity index (χ2n) is 4.36. The van der Waals surface area contributed by atoms with E-state index in [2.05, 4.69) is 12.2 Å². The van der Waals surface area contributed by atoms with Crippen LogP contribution in [0, 0.1) is 0 Å². The van der Waals surface area contributed by atoms with Gasteiger partial charge in [0.15, 0.2) is 0 Å². The van der Waals surface area contributed by atoms with Gasteiger partial charge in [-0.15, -0.1) is 0 Å². The Morgan fingerprint density at radius 3 is 2.26 bits per heavy atom. The quantitative estimate of drug-likeness (QED) is 0.883. The van der Waals surface area contributed by atoms with Crippen LogP contribution in [0.2, 0.25) is 0 Å². The van der Waals surface area contributed by atoms with E-state index in [0.29, 0.717) is 0 Å². The third-order valence-corrected chi connectivity index (χ3v) is 2.91. The standard InChI is InChI=1S/C17H16O2/c18-17(19)13-16-11-5-4-10-15(16)12-6-9-14-7-2-1-3-8-14/h1-11H,12-13H2,(H,18,19). The van der Waals surface area contributed by atoms with Crippen LogP contribution in [0.25, 0.3) is 6.08 Å². The van der Waals surface area contributed by atoms with Crippen molar-refractivity contribution >= 4 is 12.0 Å². The Bertz CT molecular complexity index is 571. The van der Waals surface area contributed by atoms with Crippen molar-refractivity contribution < 1.29 is 9.90 Å². The number of hydrogen-bond donors (Lipinski definition) is 1. The van der Waals surface area contributed by atoms with Crippen molar-refractivity contribution in [2.75, 3.05) is 0 Å². The largest absolute Gasteiger partial charge is 0.481 e. The highest BCUT2D eigenvalue weighted by Crippen LogP contribution is 2.12. The zero-order valence-electron chi connectivity index (χ0n) is 10.6. The Morgan fingerprint density at radius 2 is 1.58 bits per heavy atom. The molecule has 0 saturated heterocycles. The summed E-state index contributed by atoms with van der Waals surface area (Å²) >= 11 is 0. The van der Waals surface area contributed by atoms with Crippen LogP contribution in [0.5, 0.6) is 0 Å². The minimum absolute atomic E-state index is 0.0787. The minimum atomic E-state index is -0.792. The number of carboxylic acid groups (broad SMARTS) is 1. The van der Waals surface area contributed by atoms with Crippen molar-refractivity contribution in [2.45, 2.75) is 12.8 Å². The number of carbonyl (C=O) groups is 1. The molecule has 0 radical (unpaired) electrons. The van der Waals surface area contributed by atoms with Crippen LogP contribution in [-0.4, -0.2) is 11.1 Å². The molecule has 2 aromatic rings. The van der Waals surface area contributed by atoms with E-state index >= 15 is 0 Å². The maximum atomic E-state index is 10.8. The number of allylic oxidation sites excluding steroid dienone is 1. The predicted molar refractivity (Wildman–Crippen MR) is 77.0 cm³/mol. The third kappa shape index (κ3) is 4.11. The van der Waals surface area contributed by atoms with Crippen molar-refractivity contribution in [1.29, 1.82) is 0 Å². The smallest absolute Gasteiger partial charge is 0.307 e. The molecule has 2 rings (SSSR count). The van der Waals surface area contributed by atoms with E-state index in [9.17, 15) is 4.79 Å². The summed E-state index contributed by atoms with van der Waals surface area (Å²) in [5.74, 6) is -0.792. The van der Waals surface area contributed by atoms with Gasteiger partial charge in [0.1, 0.15) is 0 Å². The molecule has 0 atom stereocenters. The molecule has 0 heterocycles. The SMILES string of the molecule is O=C(O)Cc1ccccc1CC=Cc1ccccc1. The van der Waals surface area contributed by atoms with Crippen molar-refractivity contribution in [3.05, 3.63) is 77.4 Å². The second kappa shape index (κ2) is 6.55. The first-order valence-electron chi connectivity index (χ1n) is 6.26. The van der Waals surface area contributed by atoms with Crippen LogP contribution in [-0.2, 0) is 17.6 Å². The van der Waals surface area contributed by atoms with E-state index in [4.69, 9.17) is 5.11 Å². The van der Waals surface area contributed by atoms with Crippen molar-refractivity contribution in [2.24, 2.45) is 0 Å². The van der Waals surface area contributed by atoms with Crippen LogP contribution in [0.4, 0.5) is 0 Å². The molecule has 2 heteroatoms. The van der Waals surface area contributed by atoms with Crippen molar-refractivity contribution in [3.8, 4) is 0 Å². The summed E-state index contributed by atoms with van der Waals surface area (Å²) < 4.78 is 0. The van der Waals surface area contributed by atoms with Gasteiger partial charge in [-0.25, -0.2) is 0 Å². The summed E-state index contributed by atoms with van der Waals surface area (Å²) in [6, 6.07) is 17.7. The molecule has 0 amide bonds. The Kier molecular flexibility index (Phi) is 4.51. The Labute approximate surface area is 113 Å². The maximum Gasteiger partial charge on any atom is 0.307 e. The van der Waals surface area contributed by atoms with Gasteiger partial charge >= 0.3 is 5.97 Å². The van der Waals surface area contributed by atoms with E-state index < -0.39 is 5.97 Å². The molecule has 2 aromatic carbocycles. The van der Waals surface area contributed by atoms with Gasteiger partial charge in [0.25, 0.3) is 0 Å². The number of carboxylic acids is 1. The summed E-state index contributed by atoms with van der Waals surface area (Å²) in [7, 11) is 0. The highest BCUT2D eigenvalue weighted by molar-refractivity contribution is 5.70. The molecule has 0 fully saturated rings. The van der Waals surface area contributed by atoms with Crippen LogP contribution in [0.15, 0.2) is 60.7 Å². The summed E-state index contributed by atoms with van der Waals surface area (Å²) in [6.45, 7) is 0. The first kappa shape index (κ1) is 13.1. The molecule has 0 aliphatic rings. The van der Waals surface area contributed by atoms with Crippen LogP contribution < -0.4 is 0 Å². The molecular formula is C17H16O2. The molecule has 96 valence electrons. The molecule has 0 aromatic heterocycles. The van der Waals surface area contributed by atoms with E-state index in [-0.39, 0.29) is 6.42 Å². The lowest BCUT2D eigenvalue weighted by Gasteiger charge is -2.04. The van der Waals surface area contributed by atoms with Gasteiger partial charge in [-0.1, -0.05) is 66.7 Å². The monoisotopic (exact) mass is 252 g/mol. The number of benzene rings is 2. The molecule has 1 N–H and O–H groups in total. The number of rotatable bonds is 5. The Balaban J connectivity index is 2.07. The van der Waals surface area contributed by atoms with Gasteiger partial charge in [0, 0.05) is 0 Å². The van der Waals surface area contributed by atoms with E-state index in [1.54, 1.807) is 0 Å². The summed E-state index contributed by atoms with van der Waals surface area (Å²) in [5, 5.41) is 8.88. The first-order valence-corrected chi connectivity index (χ1v) is 6.26. The van der Waals surface area contributed by atoms with E-state index in [1.165, 1.54) is 0 Å². The highest BCUT2D eigenvalue weighted by atomic mass is 16.4. The fraction of sp³-hybridized carbons (Fsp3) is 0.118. The van der Waals surface area contributed by atoms with Gasteiger partial charge in [0.2, 0.25) is 0 Å². The number of hydrogen-bond acceptors (Lipinski definition) is 1. The van der Waals surface area contributed by atoms with Gasteiger partial charge in [0.05, 0.1) is 6.42 Å². The third-order valence-electron chi connectivity index (χ3n) is 2.91. The van der Waals surface area contributed by atoms with Crippen LogP contribution in [0.1, 0.15) is 16.7 Å². The van der Waals surface area contributed by atoms with Gasteiger partial charge in [-0.05, 0) is 23.1 Å². The second-order valence-corrected chi connectivity index (χ2v) is 4.36. The summed E-state index contributed by atoms with van der Waals surface area (Å²) in [5.41, 5.74) is 3.10. The van der Waals surface area contributed by atoms with Gasteiger partial charge < -0.3 is 5.11 Å². The zero-order chi connectivity index (χ0) is 13.5. The first-order chi connectivity index (χ1) is 9.25. The number of aliphatic carboxylic acids is 1. The maximum absolute atomic E-state index is 10.8. The molecule has 19 heavy (non-hydrogen) atoms. The van der Waals surface area contributed by atoms with Crippen LogP contribution in [0.3, 0.4) is 0 Å². The fourth-order valence-corrected chi connectivity index (χ4v) is 1.98. The average Bonchev–Trinajstić information content (AvgIpc) is 2.41. The molecule has 0 spiro atoms. The molecule has 0 bridgehead atoms. The lowest BCUT2D eigenvalue weighted by molar-refractivity contribution is -0.136. The predicted octanol–water partition coefficient (Wildman–Crippen LogP) is 3.57. The highest BCUT2D eigenvalue weighted by Gasteiger charge is 2.04. The van der Waals surface area contributed by atoms with Gasteiger partial charge in [-0.3, -0.25) is 4.79 Å². The van der Waals surface area contributed by atoms with Crippen molar-refractivity contribution in [3.63, 3.8) is 0 Å². The Hall–Kier alpha value is -2.35. The normalized spacial score (nSPS) is 10.7. The van der Waals surface area contributed by atoms with E-state index in [1.807, 2.05) is 54.6 Å². The van der Waals surface area contributed by atoms with Gasteiger partial charge in [-0.2, -0.15) is 0 Å². The Morgan fingerprint density at radius 1 is 0.947 bits per heavy atom. The summed E-state index contributed by atoms with van der Waals surface area (Å²) in [4.78, 5) is 10.8. The lowest BCUT2D eigenvalue weighted by atomic mass is 10.0. The summed E-state index contributed by atoms with van der Waals surface area (Å²) in [6.07, 6.45) is 4.95. The van der Waals surface area contributed by atoms with Crippen molar-refractivity contribution in [1.82, 2.24) is 0 Å². The molecule has 0 aliphatic heterocycles. The molecule has 0 unspecified atom stereocenters. The fourth-order valence-electron chi connectivity index (χ4n) is 1.98. The molecule has 2 nitrogen and oxygen atoms in total. The zero-order valence-corrected chi connectivity index (χ0v) is 10.6. The molecular weight excluding hydrogens is 236 g/mol.